The molecular weight excluding hydrogens is 376 g/mol. The molecule has 1 aliphatic heterocycles. The van der Waals surface area contributed by atoms with Crippen LogP contribution >= 0.6 is 0 Å². The number of carbonyl (C=O) groups is 1. The molecule has 3 aromatic rings. The molecule has 0 spiro atoms. The van der Waals surface area contributed by atoms with Gasteiger partial charge in [0.2, 0.25) is 0 Å². The van der Waals surface area contributed by atoms with Crippen molar-refractivity contribution in [2.75, 3.05) is 13.1 Å². The van der Waals surface area contributed by atoms with E-state index in [1.54, 1.807) is 12.1 Å². The highest BCUT2D eigenvalue weighted by atomic mass is 16.5. The van der Waals surface area contributed by atoms with E-state index in [9.17, 15) is 10.0 Å². The summed E-state index contributed by atoms with van der Waals surface area (Å²) in [5.41, 5.74) is 11.0. The van der Waals surface area contributed by atoms with Gasteiger partial charge in [0.25, 0.3) is 5.91 Å². The van der Waals surface area contributed by atoms with E-state index in [0.29, 0.717) is 24.2 Å². The molecule has 2 heterocycles. The third-order valence-electron chi connectivity index (χ3n) is 5.31. The molecule has 0 unspecified atom stereocenters. The first-order valence-electron chi connectivity index (χ1n) is 9.74. The lowest BCUT2D eigenvalue weighted by Gasteiger charge is -2.27. The van der Waals surface area contributed by atoms with Gasteiger partial charge in [-0.15, -0.1) is 0 Å². The smallest absolute Gasteiger partial charge is 0.254 e. The second-order valence-electron chi connectivity index (χ2n) is 7.25. The van der Waals surface area contributed by atoms with Gasteiger partial charge in [-0.05, 0) is 46.9 Å². The lowest BCUT2D eigenvalue weighted by molar-refractivity contribution is -0.605. The highest BCUT2D eigenvalue weighted by molar-refractivity contribution is 5.96. The predicted molar refractivity (Wildman–Crippen MR) is 117 cm³/mol. The standard InChI is InChI=1S/C24H22N4O2/c25-23(26)22-3-1-2-21(16-22)19-8-12-27(13-9-19)24(29)20-6-4-17(5-7-20)18-10-14-28(30)15-11-18/h1-8,10-11,14-16H,9,12-13H2,(H3,25,26). The molecule has 2 aromatic carbocycles. The van der Waals surface area contributed by atoms with Crippen molar-refractivity contribution in [1.82, 2.24) is 4.90 Å². The van der Waals surface area contributed by atoms with Crippen molar-refractivity contribution < 1.29 is 9.52 Å². The van der Waals surface area contributed by atoms with E-state index in [1.807, 2.05) is 53.4 Å². The summed E-state index contributed by atoms with van der Waals surface area (Å²) < 4.78 is 0.746. The van der Waals surface area contributed by atoms with Gasteiger partial charge in [0.15, 0.2) is 12.4 Å². The summed E-state index contributed by atoms with van der Waals surface area (Å²) in [6.45, 7) is 1.18. The maximum atomic E-state index is 12.9. The fourth-order valence-electron chi connectivity index (χ4n) is 3.60. The summed E-state index contributed by atoms with van der Waals surface area (Å²) in [7, 11) is 0. The van der Waals surface area contributed by atoms with Crippen molar-refractivity contribution in [3.63, 3.8) is 0 Å². The number of rotatable bonds is 4. The van der Waals surface area contributed by atoms with E-state index in [1.165, 1.54) is 12.4 Å². The van der Waals surface area contributed by atoms with Gasteiger partial charge in [0.1, 0.15) is 5.84 Å². The van der Waals surface area contributed by atoms with Crippen LogP contribution in [0.5, 0.6) is 0 Å². The van der Waals surface area contributed by atoms with Gasteiger partial charge >= 0.3 is 0 Å². The summed E-state index contributed by atoms with van der Waals surface area (Å²) in [4.78, 5) is 14.7. The predicted octanol–water partition coefficient (Wildman–Crippen LogP) is 3.20. The van der Waals surface area contributed by atoms with Crippen LogP contribution in [0.3, 0.4) is 0 Å². The van der Waals surface area contributed by atoms with Crippen LogP contribution in [0.15, 0.2) is 79.1 Å². The quantitative estimate of drug-likeness (QED) is 0.306. The number of carbonyl (C=O) groups excluding carboxylic acids is 1. The first kappa shape index (κ1) is 19.4. The summed E-state index contributed by atoms with van der Waals surface area (Å²) in [5.74, 6) is 0.0519. The summed E-state index contributed by atoms with van der Waals surface area (Å²) in [6, 6.07) is 18.6. The molecule has 3 N–H and O–H groups in total. The third kappa shape index (κ3) is 4.07. The van der Waals surface area contributed by atoms with Gasteiger partial charge < -0.3 is 15.8 Å². The van der Waals surface area contributed by atoms with Crippen LogP contribution in [0.2, 0.25) is 0 Å². The van der Waals surface area contributed by atoms with Crippen molar-refractivity contribution >= 4 is 17.3 Å². The fourth-order valence-corrected chi connectivity index (χ4v) is 3.60. The van der Waals surface area contributed by atoms with E-state index < -0.39 is 0 Å². The number of nitrogen functional groups attached to an aromatic ring is 1. The Bertz CT molecular complexity index is 1120. The Morgan fingerprint density at radius 1 is 0.967 bits per heavy atom. The molecule has 150 valence electrons. The molecule has 0 radical (unpaired) electrons. The van der Waals surface area contributed by atoms with Gasteiger partial charge in [-0.1, -0.05) is 36.4 Å². The van der Waals surface area contributed by atoms with Crippen molar-refractivity contribution in [2.24, 2.45) is 5.73 Å². The number of hydrogen-bond donors (Lipinski definition) is 2. The number of nitrogens with two attached hydrogens (primary N) is 1. The molecule has 30 heavy (non-hydrogen) atoms. The van der Waals surface area contributed by atoms with Gasteiger partial charge in [0, 0.05) is 36.3 Å². The highest BCUT2D eigenvalue weighted by Crippen LogP contribution is 2.25. The number of amides is 1. The monoisotopic (exact) mass is 398 g/mol. The molecule has 0 bridgehead atoms. The van der Waals surface area contributed by atoms with Crippen LogP contribution in [-0.2, 0) is 0 Å². The molecule has 1 amide bonds. The minimum absolute atomic E-state index is 0.000187. The summed E-state index contributed by atoms with van der Waals surface area (Å²) in [5, 5.41) is 18.8. The van der Waals surface area contributed by atoms with E-state index in [-0.39, 0.29) is 11.7 Å². The van der Waals surface area contributed by atoms with Crippen LogP contribution in [0.25, 0.3) is 16.7 Å². The van der Waals surface area contributed by atoms with Crippen molar-refractivity contribution in [2.45, 2.75) is 6.42 Å². The van der Waals surface area contributed by atoms with Gasteiger partial charge in [-0.25, -0.2) is 0 Å². The molecule has 0 saturated carbocycles. The molecule has 0 fully saturated rings. The fraction of sp³-hybridized carbons (Fsp3) is 0.125. The van der Waals surface area contributed by atoms with Crippen molar-refractivity contribution in [1.29, 1.82) is 5.41 Å². The van der Waals surface area contributed by atoms with Crippen LogP contribution in [0.1, 0.15) is 27.9 Å². The number of hydrogen-bond acceptors (Lipinski definition) is 3. The third-order valence-corrected chi connectivity index (χ3v) is 5.31. The highest BCUT2D eigenvalue weighted by Gasteiger charge is 2.19. The molecule has 0 saturated heterocycles. The number of benzene rings is 2. The van der Waals surface area contributed by atoms with Crippen molar-refractivity contribution in [3.05, 3.63) is 101 Å². The first-order chi connectivity index (χ1) is 14.5. The minimum Gasteiger partial charge on any atom is -0.619 e. The van der Waals surface area contributed by atoms with E-state index >= 15 is 0 Å². The zero-order valence-corrected chi connectivity index (χ0v) is 16.4. The minimum atomic E-state index is -0.000187. The second kappa shape index (κ2) is 8.21. The van der Waals surface area contributed by atoms with Crippen LogP contribution in [0, 0.1) is 10.6 Å². The lowest BCUT2D eigenvalue weighted by Crippen LogP contribution is -2.34. The Labute approximate surface area is 175 Å². The Kier molecular flexibility index (Phi) is 5.30. The topological polar surface area (TPSA) is 97.1 Å². The molecule has 1 aromatic heterocycles. The van der Waals surface area contributed by atoms with Gasteiger partial charge in [0.05, 0.1) is 0 Å². The Hall–Kier alpha value is -3.93. The Balaban J connectivity index is 1.45. The maximum Gasteiger partial charge on any atom is 0.254 e. The van der Waals surface area contributed by atoms with E-state index in [0.717, 1.165) is 33.4 Å². The van der Waals surface area contributed by atoms with E-state index in [2.05, 4.69) is 6.08 Å². The molecule has 1 aliphatic rings. The molecule has 0 atom stereocenters. The number of nitrogens with zero attached hydrogens (tertiary/aromatic N) is 2. The molecule has 6 nitrogen and oxygen atoms in total. The average molecular weight is 398 g/mol. The van der Waals surface area contributed by atoms with Gasteiger partial charge in [-0.2, -0.15) is 4.73 Å². The van der Waals surface area contributed by atoms with Gasteiger partial charge in [-0.3, -0.25) is 10.2 Å². The average Bonchev–Trinajstić information content (AvgIpc) is 2.79. The molecule has 0 aliphatic carbocycles. The normalized spacial score (nSPS) is 13.6. The first-order valence-corrected chi connectivity index (χ1v) is 9.74. The van der Waals surface area contributed by atoms with Crippen LogP contribution in [0.4, 0.5) is 0 Å². The maximum absolute atomic E-state index is 12.9. The summed E-state index contributed by atoms with van der Waals surface area (Å²) in [6.07, 6.45) is 5.73. The largest absolute Gasteiger partial charge is 0.619 e. The molecular formula is C24H22N4O2. The van der Waals surface area contributed by atoms with E-state index in [4.69, 9.17) is 11.1 Å². The lowest BCUT2D eigenvalue weighted by atomic mass is 9.97. The molecule has 6 heteroatoms. The zero-order valence-electron chi connectivity index (χ0n) is 16.4. The zero-order chi connectivity index (χ0) is 21.1. The number of pyridine rings is 1. The second-order valence-corrected chi connectivity index (χ2v) is 7.25. The Morgan fingerprint density at radius 3 is 2.30 bits per heavy atom. The SMILES string of the molecule is N=C(N)c1cccc(C2=CCN(C(=O)c3ccc(-c4cc[n+]([O-])cc4)cc3)CC2)c1. The van der Waals surface area contributed by atoms with Crippen LogP contribution in [-0.4, -0.2) is 29.7 Å². The number of nitrogens with one attached hydrogen (secondary N) is 1. The summed E-state index contributed by atoms with van der Waals surface area (Å²) >= 11 is 0. The number of amidine groups is 1. The Morgan fingerprint density at radius 2 is 1.67 bits per heavy atom. The molecule has 4 rings (SSSR count). The van der Waals surface area contributed by atoms with Crippen molar-refractivity contribution in [3.8, 4) is 11.1 Å². The van der Waals surface area contributed by atoms with Crippen LogP contribution < -0.4 is 10.5 Å². The number of aromatic nitrogens is 1.